The molecule has 0 aliphatic rings. The molecule has 7 heteroatoms. The third-order valence-corrected chi connectivity index (χ3v) is 1.49. The van der Waals surface area contributed by atoms with Crippen LogP contribution in [0.4, 0.5) is 11.4 Å². The normalized spacial score (nSPS) is 8.29. The van der Waals surface area contributed by atoms with Crippen molar-refractivity contribution in [3.8, 4) is 5.75 Å². The number of ether oxygens (including phenoxy) is 1. The molecule has 0 saturated heterocycles. The zero-order valence-electron chi connectivity index (χ0n) is 7.18. The third-order valence-electron chi connectivity index (χ3n) is 1.49. The van der Waals surface area contributed by atoms with Crippen molar-refractivity contribution in [2.75, 3.05) is 7.11 Å². The molecule has 0 amide bonds. The van der Waals surface area contributed by atoms with Gasteiger partial charge in [0.1, 0.15) is 0 Å². The number of rotatable bonds is 2. The second kappa shape index (κ2) is 4.99. The van der Waals surface area contributed by atoms with Crippen LogP contribution in [0.2, 0.25) is 0 Å². The molecular weight excluding hydrogens is 210 g/mol. The molecule has 0 spiro atoms. The fourth-order valence-electron chi connectivity index (χ4n) is 0.923. The number of hydrogen-bond acceptors (Lipinski definition) is 4. The van der Waals surface area contributed by atoms with Gasteiger partial charge in [-0.1, -0.05) is 6.07 Å². The van der Waals surface area contributed by atoms with E-state index >= 15 is 0 Å². The SMILES string of the molecule is COc1cccc([N+](=O)[O-])c1[N+]#N.[Cl-]. The van der Waals surface area contributed by atoms with E-state index in [1.54, 1.807) is 0 Å². The lowest BCUT2D eigenvalue weighted by molar-refractivity contribution is -0.383. The number of halogens is 1. The lowest BCUT2D eigenvalue weighted by Crippen LogP contribution is -3.00. The van der Waals surface area contributed by atoms with Crippen LogP contribution in [0.15, 0.2) is 18.2 Å². The van der Waals surface area contributed by atoms with Gasteiger partial charge in [-0.3, -0.25) is 10.1 Å². The topological polar surface area (TPSA) is 80.5 Å². The van der Waals surface area contributed by atoms with Crippen molar-refractivity contribution in [3.63, 3.8) is 0 Å². The summed E-state index contributed by atoms with van der Waals surface area (Å²) in [6, 6.07) is 4.16. The Labute approximate surface area is 85.7 Å². The van der Waals surface area contributed by atoms with E-state index in [1.165, 1.54) is 25.3 Å². The van der Waals surface area contributed by atoms with Gasteiger partial charge >= 0.3 is 11.4 Å². The molecule has 0 N–H and O–H groups in total. The predicted octanol–water partition coefficient (Wildman–Crippen LogP) is -0.908. The van der Waals surface area contributed by atoms with Gasteiger partial charge in [-0.25, -0.2) is 0 Å². The Hall–Kier alpha value is -1.87. The van der Waals surface area contributed by atoms with Crippen molar-refractivity contribution >= 4 is 11.4 Å². The van der Waals surface area contributed by atoms with Crippen LogP contribution in [0.5, 0.6) is 5.75 Å². The maximum atomic E-state index is 10.4. The minimum absolute atomic E-state index is 0. The van der Waals surface area contributed by atoms with Crippen molar-refractivity contribution in [1.82, 2.24) is 0 Å². The van der Waals surface area contributed by atoms with Crippen molar-refractivity contribution in [2.24, 2.45) is 0 Å². The first-order valence-electron chi connectivity index (χ1n) is 3.37. The Morgan fingerprint density at radius 2 is 2.21 bits per heavy atom. The van der Waals surface area contributed by atoms with Gasteiger partial charge in [0.05, 0.1) is 12.0 Å². The van der Waals surface area contributed by atoms with Gasteiger partial charge in [0.2, 0.25) is 11.1 Å². The second-order valence-electron chi connectivity index (χ2n) is 2.19. The zero-order valence-corrected chi connectivity index (χ0v) is 7.93. The summed E-state index contributed by atoms with van der Waals surface area (Å²) in [6.07, 6.45) is 0. The number of nitrogens with zero attached hydrogens (tertiary/aromatic N) is 3. The van der Waals surface area contributed by atoms with E-state index in [2.05, 4.69) is 4.98 Å². The molecule has 1 rings (SSSR count). The van der Waals surface area contributed by atoms with Crippen LogP contribution < -0.4 is 17.1 Å². The Morgan fingerprint density at radius 3 is 2.64 bits per heavy atom. The van der Waals surface area contributed by atoms with Gasteiger partial charge in [-0.2, -0.15) is 0 Å². The number of methoxy groups -OCH3 is 1. The molecule has 0 fully saturated rings. The van der Waals surface area contributed by atoms with Crippen LogP contribution >= 0.6 is 0 Å². The Balaban J connectivity index is 0.00000169. The molecule has 74 valence electrons. The summed E-state index contributed by atoms with van der Waals surface area (Å²) in [4.78, 5) is 12.6. The molecule has 0 saturated carbocycles. The molecule has 14 heavy (non-hydrogen) atoms. The quantitative estimate of drug-likeness (QED) is 0.364. The van der Waals surface area contributed by atoms with Gasteiger partial charge in [0, 0.05) is 6.07 Å². The van der Waals surface area contributed by atoms with Crippen molar-refractivity contribution in [1.29, 1.82) is 5.39 Å². The highest BCUT2D eigenvalue weighted by atomic mass is 35.5. The molecule has 1 aromatic carbocycles. The summed E-state index contributed by atoms with van der Waals surface area (Å²) in [5, 5.41) is 18.9. The first kappa shape index (κ1) is 12.1. The Morgan fingerprint density at radius 1 is 1.57 bits per heavy atom. The van der Waals surface area contributed by atoms with Gasteiger partial charge in [0.15, 0.2) is 4.98 Å². The first-order chi connectivity index (χ1) is 6.20. The molecular formula is C7H6ClN3O3. The molecule has 0 bridgehead atoms. The molecule has 1 aromatic rings. The van der Waals surface area contributed by atoms with E-state index in [1.807, 2.05) is 0 Å². The molecule has 0 atom stereocenters. The van der Waals surface area contributed by atoms with Crippen LogP contribution in [0.1, 0.15) is 0 Å². The smallest absolute Gasteiger partial charge is 0.502 e. The van der Waals surface area contributed by atoms with Crippen LogP contribution in [0, 0.1) is 15.5 Å². The van der Waals surface area contributed by atoms with E-state index in [0.717, 1.165) is 0 Å². The van der Waals surface area contributed by atoms with Gasteiger partial charge in [0.25, 0.3) is 0 Å². The molecule has 6 nitrogen and oxygen atoms in total. The minimum Gasteiger partial charge on any atom is -1.00 e. The van der Waals surface area contributed by atoms with Gasteiger partial charge in [-0.15, -0.1) is 0 Å². The van der Waals surface area contributed by atoms with Crippen LogP contribution in [-0.2, 0) is 0 Å². The maximum absolute atomic E-state index is 10.4. The lowest BCUT2D eigenvalue weighted by atomic mass is 10.2. The summed E-state index contributed by atoms with van der Waals surface area (Å²) >= 11 is 0. The van der Waals surface area contributed by atoms with Crippen molar-refractivity contribution < 1.29 is 22.1 Å². The largest absolute Gasteiger partial charge is 1.00 e. The molecule has 0 aromatic heterocycles. The molecule has 0 aliphatic carbocycles. The van der Waals surface area contributed by atoms with Crippen molar-refractivity contribution in [2.45, 2.75) is 0 Å². The highest BCUT2D eigenvalue weighted by molar-refractivity contribution is 5.70. The van der Waals surface area contributed by atoms with E-state index in [9.17, 15) is 10.1 Å². The first-order valence-corrected chi connectivity index (χ1v) is 3.37. The second-order valence-corrected chi connectivity index (χ2v) is 2.19. The summed E-state index contributed by atoms with van der Waals surface area (Å²) in [6.45, 7) is 0. The molecule has 0 heterocycles. The summed E-state index contributed by atoms with van der Waals surface area (Å²) in [5.74, 6) is 0.164. The Kier molecular flexibility index (Phi) is 4.32. The summed E-state index contributed by atoms with van der Waals surface area (Å²) in [5.41, 5.74) is -0.461. The van der Waals surface area contributed by atoms with E-state index < -0.39 is 4.92 Å². The molecule has 0 unspecified atom stereocenters. The molecule has 0 radical (unpaired) electrons. The van der Waals surface area contributed by atoms with E-state index in [4.69, 9.17) is 10.1 Å². The summed E-state index contributed by atoms with van der Waals surface area (Å²) < 4.78 is 4.77. The number of hydrogen-bond donors (Lipinski definition) is 0. The zero-order chi connectivity index (χ0) is 9.84. The fraction of sp³-hybridized carbons (Fsp3) is 0.143. The minimum atomic E-state index is -0.641. The van der Waals surface area contributed by atoms with Crippen LogP contribution in [0.3, 0.4) is 0 Å². The Bertz CT molecular complexity index is 388. The number of diazo groups is 1. The fourth-order valence-corrected chi connectivity index (χ4v) is 0.923. The van der Waals surface area contributed by atoms with Gasteiger partial charge < -0.3 is 17.1 Å². The third kappa shape index (κ3) is 2.08. The van der Waals surface area contributed by atoms with Crippen molar-refractivity contribution in [3.05, 3.63) is 33.3 Å². The van der Waals surface area contributed by atoms with E-state index in [0.29, 0.717) is 0 Å². The molecule has 0 aliphatic heterocycles. The monoisotopic (exact) mass is 215 g/mol. The average Bonchev–Trinajstić information content (AvgIpc) is 2.16. The standard InChI is InChI=1S/C7H6N3O3.ClH/c1-13-6-4-2-3-5(10(11)12)7(6)9-8;/h2-4H,1H3;1H/q+1;/p-1. The highest BCUT2D eigenvalue weighted by Gasteiger charge is 2.29. The summed E-state index contributed by atoms with van der Waals surface area (Å²) in [7, 11) is 1.34. The number of benzene rings is 1. The van der Waals surface area contributed by atoms with Crippen LogP contribution in [0.25, 0.3) is 4.98 Å². The van der Waals surface area contributed by atoms with Gasteiger partial charge in [-0.05, 0) is 6.07 Å². The van der Waals surface area contributed by atoms with Crippen LogP contribution in [-0.4, -0.2) is 12.0 Å². The maximum Gasteiger partial charge on any atom is 0.502 e. The lowest BCUT2D eigenvalue weighted by Gasteiger charge is -1.94. The highest BCUT2D eigenvalue weighted by Crippen LogP contribution is 2.36. The number of nitro benzene ring substituents is 1. The average molecular weight is 216 g/mol. The predicted molar refractivity (Wildman–Crippen MR) is 44.4 cm³/mol. The number of nitro groups is 1. The van der Waals surface area contributed by atoms with E-state index in [-0.39, 0.29) is 29.5 Å².